The summed E-state index contributed by atoms with van der Waals surface area (Å²) >= 11 is 0. The van der Waals surface area contributed by atoms with Gasteiger partial charge in [0, 0.05) is 6.21 Å². The Kier molecular flexibility index (Phi) is 3.32. The van der Waals surface area contributed by atoms with Crippen molar-refractivity contribution >= 4 is 18.1 Å². The molecule has 0 aromatic rings. The third-order valence-electron chi connectivity index (χ3n) is 2.74. The van der Waals surface area contributed by atoms with Gasteiger partial charge in [-0.1, -0.05) is 19.3 Å². The number of carbonyl (C=O) groups is 1. The van der Waals surface area contributed by atoms with E-state index in [-0.39, 0.29) is 12.5 Å². The lowest BCUT2D eigenvalue weighted by molar-refractivity contribution is -0.117. The lowest BCUT2D eigenvalue weighted by atomic mass is 9.90. The number of nitrogens with one attached hydrogen (secondary N) is 2. The van der Waals surface area contributed by atoms with Gasteiger partial charge in [0.2, 0.25) is 11.9 Å². The van der Waals surface area contributed by atoms with E-state index in [0.717, 1.165) is 0 Å². The average Bonchev–Trinajstić information content (AvgIpc) is 2.66. The first-order valence-corrected chi connectivity index (χ1v) is 5.48. The van der Waals surface area contributed by atoms with Crippen molar-refractivity contribution in [2.75, 3.05) is 6.54 Å². The van der Waals surface area contributed by atoms with Gasteiger partial charge in [0.15, 0.2) is 0 Å². The maximum absolute atomic E-state index is 10.8. The fourth-order valence-electron chi connectivity index (χ4n) is 1.91. The lowest BCUT2D eigenvalue weighted by Gasteiger charge is -2.16. The Morgan fingerprint density at radius 3 is 2.87 bits per heavy atom. The molecular formula is C10H16N4O. The van der Waals surface area contributed by atoms with Crippen LogP contribution in [-0.2, 0) is 4.79 Å². The van der Waals surface area contributed by atoms with Crippen molar-refractivity contribution in [2.45, 2.75) is 32.1 Å². The topological polar surface area (TPSA) is 65.8 Å². The van der Waals surface area contributed by atoms with Crippen LogP contribution in [0.4, 0.5) is 0 Å². The minimum atomic E-state index is -0.0784. The van der Waals surface area contributed by atoms with E-state index in [1.807, 2.05) is 6.21 Å². The molecule has 2 aliphatic rings. The van der Waals surface area contributed by atoms with Crippen molar-refractivity contribution in [3.05, 3.63) is 0 Å². The van der Waals surface area contributed by atoms with Crippen LogP contribution in [-0.4, -0.2) is 24.6 Å². The molecular weight excluding hydrogens is 192 g/mol. The summed E-state index contributed by atoms with van der Waals surface area (Å²) in [5.41, 5.74) is 2.75. The summed E-state index contributed by atoms with van der Waals surface area (Å²) in [6, 6.07) is 0. The third-order valence-corrected chi connectivity index (χ3v) is 2.74. The molecule has 82 valence electrons. The first-order chi connectivity index (χ1) is 7.34. The van der Waals surface area contributed by atoms with Gasteiger partial charge < -0.3 is 0 Å². The second-order valence-electron chi connectivity index (χ2n) is 4.00. The first kappa shape index (κ1) is 10.1. The standard InChI is InChI=1S/C10H16N4O/c15-9-7-11-10(13-9)14-12-6-8-4-2-1-3-5-8/h6,8H,1-5,7H2,(H2,11,13,14,15). The lowest BCUT2D eigenvalue weighted by Crippen LogP contribution is -2.33. The average molecular weight is 208 g/mol. The smallest absolute Gasteiger partial charge is 0.248 e. The molecule has 0 aromatic carbocycles. The van der Waals surface area contributed by atoms with Crippen molar-refractivity contribution < 1.29 is 4.79 Å². The van der Waals surface area contributed by atoms with Gasteiger partial charge in [0.05, 0.1) is 0 Å². The third kappa shape index (κ3) is 3.04. The largest absolute Gasteiger partial charge is 0.294 e. The molecule has 0 spiro atoms. The predicted molar refractivity (Wildman–Crippen MR) is 58.6 cm³/mol. The highest BCUT2D eigenvalue weighted by Crippen LogP contribution is 2.21. The highest BCUT2D eigenvalue weighted by atomic mass is 16.2. The molecule has 1 aliphatic heterocycles. The molecule has 0 unspecified atom stereocenters. The Labute approximate surface area is 89.0 Å². The number of guanidine groups is 1. The summed E-state index contributed by atoms with van der Waals surface area (Å²) in [6.07, 6.45) is 8.34. The van der Waals surface area contributed by atoms with E-state index < -0.39 is 0 Å². The molecule has 2 rings (SSSR count). The van der Waals surface area contributed by atoms with Gasteiger partial charge in [-0.15, -0.1) is 0 Å². The molecule has 1 fully saturated rings. The van der Waals surface area contributed by atoms with Crippen LogP contribution in [0.5, 0.6) is 0 Å². The highest BCUT2D eigenvalue weighted by Gasteiger charge is 2.13. The minimum Gasteiger partial charge on any atom is -0.294 e. The Morgan fingerprint density at radius 2 is 2.20 bits per heavy atom. The molecule has 1 saturated carbocycles. The summed E-state index contributed by atoms with van der Waals surface area (Å²) in [7, 11) is 0. The number of rotatable bonds is 2. The zero-order valence-corrected chi connectivity index (χ0v) is 8.70. The van der Waals surface area contributed by atoms with Gasteiger partial charge in [0.25, 0.3) is 0 Å². The second-order valence-corrected chi connectivity index (χ2v) is 4.00. The van der Waals surface area contributed by atoms with E-state index in [9.17, 15) is 4.79 Å². The van der Waals surface area contributed by atoms with E-state index >= 15 is 0 Å². The van der Waals surface area contributed by atoms with Crippen LogP contribution in [0.25, 0.3) is 0 Å². The maximum Gasteiger partial charge on any atom is 0.248 e. The van der Waals surface area contributed by atoms with Crippen molar-refractivity contribution in [2.24, 2.45) is 16.0 Å². The molecule has 2 N–H and O–H groups in total. The normalized spacial score (nSPS) is 22.9. The van der Waals surface area contributed by atoms with Crippen LogP contribution >= 0.6 is 0 Å². The molecule has 1 heterocycles. The molecule has 0 saturated heterocycles. The van der Waals surface area contributed by atoms with Gasteiger partial charge >= 0.3 is 0 Å². The zero-order valence-electron chi connectivity index (χ0n) is 8.70. The number of carbonyl (C=O) groups excluding carboxylic acids is 1. The van der Waals surface area contributed by atoms with E-state index in [0.29, 0.717) is 11.9 Å². The summed E-state index contributed by atoms with van der Waals surface area (Å²) in [6.45, 7) is 0.210. The van der Waals surface area contributed by atoms with E-state index in [2.05, 4.69) is 20.8 Å². The van der Waals surface area contributed by atoms with Crippen LogP contribution in [0.15, 0.2) is 10.1 Å². The number of amides is 1. The molecule has 0 aromatic heterocycles. The van der Waals surface area contributed by atoms with E-state index in [4.69, 9.17) is 0 Å². The monoisotopic (exact) mass is 208 g/mol. The number of hydrogen-bond donors (Lipinski definition) is 2. The minimum absolute atomic E-state index is 0.0784. The molecule has 15 heavy (non-hydrogen) atoms. The van der Waals surface area contributed by atoms with Crippen LogP contribution in [0.3, 0.4) is 0 Å². The van der Waals surface area contributed by atoms with Gasteiger partial charge in [-0.05, 0) is 18.8 Å². The fourth-order valence-corrected chi connectivity index (χ4v) is 1.91. The molecule has 0 bridgehead atoms. The van der Waals surface area contributed by atoms with Crippen molar-refractivity contribution in [1.82, 2.24) is 10.7 Å². The first-order valence-electron chi connectivity index (χ1n) is 5.48. The Hall–Kier alpha value is -1.39. The molecule has 0 radical (unpaired) electrons. The molecule has 1 aliphatic carbocycles. The van der Waals surface area contributed by atoms with Crippen LogP contribution in [0.1, 0.15) is 32.1 Å². The fraction of sp³-hybridized carbons (Fsp3) is 0.700. The number of hydrogen-bond acceptors (Lipinski definition) is 4. The summed E-state index contributed by atoms with van der Waals surface area (Å²) in [5.74, 6) is 0.974. The molecule has 5 nitrogen and oxygen atoms in total. The highest BCUT2D eigenvalue weighted by molar-refractivity contribution is 6.02. The van der Waals surface area contributed by atoms with Crippen molar-refractivity contribution in [3.8, 4) is 0 Å². The van der Waals surface area contributed by atoms with Crippen LogP contribution < -0.4 is 10.7 Å². The van der Waals surface area contributed by atoms with E-state index in [1.165, 1.54) is 32.1 Å². The van der Waals surface area contributed by atoms with Gasteiger partial charge in [0.1, 0.15) is 6.54 Å². The number of aliphatic imine (C=N–C) groups is 1. The molecule has 5 heteroatoms. The molecule has 0 atom stereocenters. The van der Waals surface area contributed by atoms with Gasteiger partial charge in [-0.2, -0.15) is 5.10 Å². The predicted octanol–water partition coefficient (Wildman–Crippen LogP) is 0.628. The SMILES string of the molecule is O=C1CN=C(NN=CC2CCCCC2)N1. The number of hydrazone groups is 1. The van der Waals surface area contributed by atoms with Crippen molar-refractivity contribution in [3.63, 3.8) is 0 Å². The summed E-state index contributed by atoms with van der Waals surface area (Å²) in [5, 5.41) is 6.67. The Balaban J connectivity index is 1.72. The van der Waals surface area contributed by atoms with Crippen LogP contribution in [0.2, 0.25) is 0 Å². The van der Waals surface area contributed by atoms with Crippen molar-refractivity contribution in [1.29, 1.82) is 0 Å². The zero-order chi connectivity index (χ0) is 10.5. The Bertz CT molecular complexity index is 292. The second kappa shape index (κ2) is 4.91. The Morgan fingerprint density at radius 1 is 1.40 bits per heavy atom. The summed E-state index contributed by atoms with van der Waals surface area (Å²) in [4.78, 5) is 14.7. The number of nitrogens with zero attached hydrogens (tertiary/aromatic N) is 2. The van der Waals surface area contributed by atoms with Crippen LogP contribution in [0, 0.1) is 5.92 Å². The maximum atomic E-state index is 10.8. The van der Waals surface area contributed by atoms with Gasteiger partial charge in [-0.25, -0.2) is 10.4 Å². The van der Waals surface area contributed by atoms with Gasteiger partial charge in [-0.3, -0.25) is 10.1 Å². The molecule has 1 amide bonds. The van der Waals surface area contributed by atoms with E-state index in [1.54, 1.807) is 0 Å². The quantitative estimate of drug-likeness (QED) is 0.516. The summed E-state index contributed by atoms with van der Waals surface area (Å²) < 4.78 is 0.